The van der Waals surface area contributed by atoms with Crippen molar-refractivity contribution < 1.29 is 0 Å². The summed E-state index contributed by atoms with van der Waals surface area (Å²) in [7, 11) is 0. The molecule has 2 aliphatic carbocycles. The van der Waals surface area contributed by atoms with Crippen LogP contribution in [0.2, 0.25) is 0 Å². The molecule has 20 heavy (non-hydrogen) atoms. The molecule has 0 amide bonds. The molecular formula is C17H25BrN2. The van der Waals surface area contributed by atoms with E-state index in [4.69, 9.17) is 0 Å². The fourth-order valence-corrected chi connectivity index (χ4v) is 3.11. The van der Waals surface area contributed by atoms with Gasteiger partial charge in [-0.05, 0) is 49.3 Å². The number of benzene rings is 1. The van der Waals surface area contributed by atoms with Crippen molar-refractivity contribution in [1.29, 1.82) is 0 Å². The predicted molar refractivity (Wildman–Crippen MR) is 89.2 cm³/mol. The van der Waals surface area contributed by atoms with Crippen LogP contribution in [0.1, 0.15) is 45.1 Å². The largest absolute Gasteiger partial charge is 0.368 e. The maximum atomic E-state index is 3.75. The molecule has 0 unspecified atom stereocenters. The summed E-state index contributed by atoms with van der Waals surface area (Å²) in [5.41, 5.74) is 2.75. The summed E-state index contributed by atoms with van der Waals surface area (Å²) >= 11 is 3.75. The lowest BCUT2D eigenvalue weighted by molar-refractivity contribution is 0.588. The van der Waals surface area contributed by atoms with Crippen molar-refractivity contribution in [3.05, 3.63) is 28.2 Å². The molecule has 110 valence electrons. The van der Waals surface area contributed by atoms with Gasteiger partial charge in [0.15, 0.2) is 0 Å². The van der Waals surface area contributed by atoms with E-state index in [1.807, 2.05) is 0 Å². The highest BCUT2D eigenvalue weighted by atomic mass is 79.9. The first kappa shape index (κ1) is 14.4. The third kappa shape index (κ3) is 3.76. The van der Waals surface area contributed by atoms with Gasteiger partial charge in [0.25, 0.3) is 0 Å². The Morgan fingerprint density at radius 2 is 2.00 bits per heavy atom. The third-order valence-corrected chi connectivity index (χ3v) is 4.95. The standard InChI is InChI=1S/C17H25BrN2/c1-12(2)19-10-14-5-6-16(9-17(14)18)20(15-7-8-15)11-13-3-4-13/h5-6,9,12-13,15,19H,3-4,7-8,10-11H2,1-2H3. The van der Waals surface area contributed by atoms with Gasteiger partial charge in [0.05, 0.1) is 0 Å². The number of nitrogens with zero attached hydrogens (tertiary/aromatic N) is 1. The number of rotatable bonds is 7. The average molecular weight is 337 g/mol. The lowest BCUT2D eigenvalue weighted by atomic mass is 10.1. The Morgan fingerprint density at radius 1 is 1.25 bits per heavy atom. The molecular weight excluding hydrogens is 312 g/mol. The van der Waals surface area contributed by atoms with Crippen LogP contribution < -0.4 is 10.2 Å². The second-order valence-electron chi connectivity index (χ2n) is 6.64. The van der Waals surface area contributed by atoms with Gasteiger partial charge in [-0.15, -0.1) is 0 Å². The lowest BCUT2D eigenvalue weighted by Crippen LogP contribution is -2.28. The highest BCUT2D eigenvalue weighted by molar-refractivity contribution is 9.10. The maximum absolute atomic E-state index is 3.75. The van der Waals surface area contributed by atoms with E-state index in [9.17, 15) is 0 Å². The second-order valence-corrected chi connectivity index (χ2v) is 7.49. The molecule has 2 fully saturated rings. The van der Waals surface area contributed by atoms with Gasteiger partial charge in [0, 0.05) is 35.3 Å². The van der Waals surface area contributed by atoms with Crippen LogP contribution in [0.25, 0.3) is 0 Å². The highest BCUT2D eigenvalue weighted by Gasteiger charge is 2.33. The molecule has 0 aliphatic heterocycles. The molecule has 1 aromatic carbocycles. The minimum absolute atomic E-state index is 0.527. The second kappa shape index (κ2) is 6.07. The summed E-state index contributed by atoms with van der Waals surface area (Å²) in [6.07, 6.45) is 5.61. The molecule has 0 aromatic heterocycles. The molecule has 0 atom stereocenters. The average Bonchev–Trinajstić information content (AvgIpc) is 3.26. The molecule has 0 saturated heterocycles. The van der Waals surface area contributed by atoms with E-state index in [0.717, 1.165) is 18.5 Å². The number of anilines is 1. The summed E-state index contributed by atoms with van der Waals surface area (Å²) in [6, 6.07) is 8.24. The summed E-state index contributed by atoms with van der Waals surface area (Å²) in [4.78, 5) is 2.64. The first-order chi connectivity index (χ1) is 9.63. The Bertz CT molecular complexity index is 464. The number of hydrogen-bond acceptors (Lipinski definition) is 2. The quantitative estimate of drug-likeness (QED) is 0.797. The first-order valence-electron chi connectivity index (χ1n) is 7.92. The Kier molecular flexibility index (Phi) is 4.37. The fourth-order valence-electron chi connectivity index (χ4n) is 2.60. The SMILES string of the molecule is CC(C)NCc1ccc(N(CC2CC2)C2CC2)cc1Br. The molecule has 1 N–H and O–H groups in total. The summed E-state index contributed by atoms with van der Waals surface area (Å²) in [5, 5.41) is 3.49. The molecule has 2 aliphatic rings. The first-order valence-corrected chi connectivity index (χ1v) is 8.71. The Hall–Kier alpha value is -0.540. The van der Waals surface area contributed by atoms with Crippen molar-refractivity contribution in [2.24, 2.45) is 5.92 Å². The zero-order valence-electron chi connectivity index (χ0n) is 12.5. The van der Waals surface area contributed by atoms with Gasteiger partial charge in [0.1, 0.15) is 0 Å². The Morgan fingerprint density at radius 3 is 2.55 bits per heavy atom. The van der Waals surface area contributed by atoms with E-state index in [0.29, 0.717) is 6.04 Å². The molecule has 0 radical (unpaired) electrons. The van der Waals surface area contributed by atoms with Crippen LogP contribution in [-0.2, 0) is 6.54 Å². The highest BCUT2D eigenvalue weighted by Crippen LogP contribution is 2.38. The monoisotopic (exact) mass is 336 g/mol. The molecule has 1 aromatic rings. The van der Waals surface area contributed by atoms with Gasteiger partial charge in [-0.2, -0.15) is 0 Å². The van der Waals surface area contributed by atoms with Gasteiger partial charge in [-0.3, -0.25) is 0 Å². The number of hydrogen-bond donors (Lipinski definition) is 1. The van der Waals surface area contributed by atoms with Crippen molar-refractivity contribution in [3.63, 3.8) is 0 Å². The van der Waals surface area contributed by atoms with E-state index in [1.54, 1.807) is 0 Å². The predicted octanol–water partition coefficient (Wildman–Crippen LogP) is 4.33. The summed E-state index contributed by atoms with van der Waals surface area (Å²) in [6.45, 7) is 6.57. The van der Waals surface area contributed by atoms with Crippen LogP contribution >= 0.6 is 15.9 Å². The van der Waals surface area contributed by atoms with Crippen LogP contribution in [-0.4, -0.2) is 18.6 Å². The van der Waals surface area contributed by atoms with Crippen LogP contribution in [0.15, 0.2) is 22.7 Å². The third-order valence-electron chi connectivity index (χ3n) is 4.21. The smallest absolute Gasteiger partial charge is 0.0380 e. The van der Waals surface area contributed by atoms with Crippen molar-refractivity contribution in [2.45, 2.75) is 58.2 Å². The van der Waals surface area contributed by atoms with Gasteiger partial charge in [-0.1, -0.05) is 35.8 Å². The fraction of sp³-hybridized carbons (Fsp3) is 0.647. The zero-order valence-corrected chi connectivity index (χ0v) is 14.1. The van der Waals surface area contributed by atoms with Crippen molar-refractivity contribution in [1.82, 2.24) is 5.32 Å². The van der Waals surface area contributed by atoms with E-state index in [-0.39, 0.29) is 0 Å². The van der Waals surface area contributed by atoms with Crippen LogP contribution in [0.3, 0.4) is 0 Å². The van der Waals surface area contributed by atoms with E-state index in [2.05, 4.69) is 58.2 Å². The molecule has 2 nitrogen and oxygen atoms in total. The van der Waals surface area contributed by atoms with Crippen molar-refractivity contribution in [3.8, 4) is 0 Å². The minimum Gasteiger partial charge on any atom is -0.368 e. The normalized spacial score (nSPS) is 18.6. The topological polar surface area (TPSA) is 15.3 Å². The molecule has 2 saturated carbocycles. The molecule has 0 spiro atoms. The number of halogens is 1. The van der Waals surface area contributed by atoms with Crippen LogP contribution in [0.5, 0.6) is 0 Å². The molecule has 3 heteroatoms. The lowest BCUT2D eigenvalue weighted by Gasteiger charge is -2.25. The Balaban J connectivity index is 1.70. The number of nitrogens with one attached hydrogen (secondary N) is 1. The maximum Gasteiger partial charge on any atom is 0.0380 e. The van der Waals surface area contributed by atoms with Crippen molar-refractivity contribution >= 4 is 21.6 Å². The molecule has 0 heterocycles. The van der Waals surface area contributed by atoms with Crippen LogP contribution in [0, 0.1) is 5.92 Å². The molecule has 3 rings (SSSR count). The summed E-state index contributed by atoms with van der Waals surface area (Å²) in [5.74, 6) is 0.955. The summed E-state index contributed by atoms with van der Waals surface area (Å²) < 4.78 is 1.24. The van der Waals surface area contributed by atoms with Gasteiger partial charge in [-0.25, -0.2) is 0 Å². The van der Waals surface area contributed by atoms with E-state index >= 15 is 0 Å². The Labute approximate surface area is 131 Å². The van der Waals surface area contributed by atoms with Gasteiger partial charge in [0.2, 0.25) is 0 Å². The van der Waals surface area contributed by atoms with Gasteiger partial charge >= 0.3 is 0 Å². The van der Waals surface area contributed by atoms with Crippen molar-refractivity contribution in [2.75, 3.05) is 11.4 Å². The van der Waals surface area contributed by atoms with Gasteiger partial charge < -0.3 is 10.2 Å². The minimum atomic E-state index is 0.527. The van der Waals surface area contributed by atoms with E-state index in [1.165, 1.54) is 48.0 Å². The zero-order chi connectivity index (χ0) is 14.1. The molecule has 0 bridgehead atoms. The van der Waals surface area contributed by atoms with Crippen LogP contribution in [0.4, 0.5) is 5.69 Å². The van der Waals surface area contributed by atoms with E-state index < -0.39 is 0 Å².